The highest BCUT2D eigenvalue weighted by atomic mass is 16.3. The van der Waals surface area contributed by atoms with Crippen molar-refractivity contribution < 1.29 is 4.42 Å². The fourth-order valence-corrected chi connectivity index (χ4v) is 3.14. The standard InChI is InChI=1S/C18H16O/c1-11-3-6-14-13(9-11)5-7-15-16-10-12(2)4-8-17(16)19-18(14)15/h3-4,6,8-10H,5,7H2,1-2H3. The van der Waals surface area contributed by atoms with Gasteiger partial charge in [-0.2, -0.15) is 0 Å². The Morgan fingerprint density at radius 1 is 0.895 bits per heavy atom. The van der Waals surface area contributed by atoms with Crippen molar-refractivity contribution in [1.82, 2.24) is 0 Å². The molecule has 1 aliphatic rings. The Balaban J connectivity index is 2.04. The average Bonchev–Trinajstić information content (AvgIpc) is 2.76. The summed E-state index contributed by atoms with van der Waals surface area (Å²) in [5.74, 6) is 1.09. The van der Waals surface area contributed by atoms with Crippen LogP contribution >= 0.6 is 0 Å². The molecule has 0 saturated carbocycles. The van der Waals surface area contributed by atoms with E-state index in [0.717, 1.165) is 24.2 Å². The molecule has 0 bridgehead atoms. The van der Waals surface area contributed by atoms with Gasteiger partial charge in [-0.05, 0) is 44.4 Å². The number of rotatable bonds is 0. The first-order valence-electron chi connectivity index (χ1n) is 6.84. The van der Waals surface area contributed by atoms with Gasteiger partial charge in [0, 0.05) is 16.5 Å². The van der Waals surface area contributed by atoms with Gasteiger partial charge in [-0.3, -0.25) is 0 Å². The molecule has 0 atom stereocenters. The molecule has 1 heterocycles. The van der Waals surface area contributed by atoms with Crippen LogP contribution in [0.1, 0.15) is 22.3 Å². The second kappa shape index (κ2) is 3.74. The third-order valence-corrected chi connectivity index (χ3v) is 4.10. The van der Waals surface area contributed by atoms with Crippen LogP contribution in [0.3, 0.4) is 0 Å². The van der Waals surface area contributed by atoms with Crippen molar-refractivity contribution in [2.24, 2.45) is 0 Å². The quantitative estimate of drug-likeness (QED) is 0.556. The van der Waals surface area contributed by atoms with Crippen molar-refractivity contribution in [2.45, 2.75) is 26.7 Å². The van der Waals surface area contributed by atoms with E-state index in [4.69, 9.17) is 4.42 Å². The fraction of sp³-hybridized carbons (Fsp3) is 0.222. The SMILES string of the molecule is Cc1ccc2c(c1)CCc1c-2oc2ccc(C)cc12. The molecule has 2 aromatic carbocycles. The number of benzene rings is 2. The van der Waals surface area contributed by atoms with Crippen LogP contribution in [0, 0.1) is 13.8 Å². The van der Waals surface area contributed by atoms with E-state index in [0.29, 0.717) is 0 Å². The number of furan rings is 1. The molecule has 0 amide bonds. The molecule has 19 heavy (non-hydrogen) atoms. The van der Waals surface area contributed by atoms with E-state index in [9.17, 15) is 0 Å². The van der Waals surface area contributed by atoms with Gasteiger partial charge in [-0.25, -0.2) is 0 Å². The highest BCUT2D eigenvalue weighted by Gasteiger charge is 2.22. The molecule has 1 aromatic heterocycles. The first-order valence-corrected chi connectivity index (χ1v) is 6.84. The predicted octanol–water partition coefficient (Wildman–Crippen LogP) is 4.82. The van der Waals surface area contributed by atoms with Crippen molar-refractivity contribution in [1.29, 1.82) is 0 Å². The molecule has 0 fully saturated rings. The second-order valence-electron chi connectivity index (χ2n) is 5.57. The highest BCUT2D eigenvalue weighted by molar-refractivity contribution is 5.90. The molecule has 94 valence electrons. The van der Waals surface area contributed by atoms with Crippen LogP contribution in [0.25, 0.3) is 22.3 Å². The maximum atomic E-state index is 6.11. The third kappa shape index (κ3) is 1.54. The van der Waals surface area contributed by atoms with Crippen LogP contribution in [-0.2, 0) is 12.8 Å². The molecule has 0 N–H and O–H groups in total. The van der Waals surface area contributed by atoms with Crippen LogP contribution in [0.2, 0.25) is 0 Å². The maximum Gasteiger partial charge on any atom is 0.138 e. The molecule has 0 aliphatic heterocycles. The summed E-state index contributed by atoms with van der Waals surface area (Å²) < 4.78 is 6.11. The summed E-state index contributed by atoms with van der Waals surface area (Å²) in [6.07, 6.45) is 2.20. The van der Waals surface area contributed by atoms with Gasteiger partial charge in [0.05, 0.1) is 0 Å². The first kappa shape index (κ1) is 10.9. The predicted molar refractivity (Wildman–Crippen MR) is 78.5 cm³/mol. The molecule has 0 unspecified atom stereocenters. The van der Waals surface area contributed by atoms with Gasteiger partial charge in [0.2, 0.25) is 0 Å². The van der Waals surface area contributed by atoms with Crippen LogP contribution in [0.4, 0.5) is 0 Å². The zero-order chi connectivity index (χ0) is 13.0. The van der Waals surface area contributed by atoms with Crippen molar-refractivity contribution in [3.05, 3.63) is 58.7 Å². The summed E-state index contributed by atoms with van der Waals surface area (Å²) in [5, 5.41) is 1.29. The van der Waals surface area contributed by atoms with E-state index in [2.05, 4.69) is 50.2 Å². The number of hydrogen-bond donors (Lipinski definition) is 0. The minimum Gasteiger partial charge on any atom is -0.456 e. The number of hydrogen-bond acceptors (Lipinski definition) is 1. The highest BCUT2D eigenvalue weighted by Crippen LogP contribution is 2.40. The van der Waals surface area contributed by atoms with Crippen molar-refractivity contribution in [3.8, 4) is 11.3 Å². The lowest BCUT2D eigenvalue weighted by atomic mass is 9.88. The first-order chi connectivity index (χ1) is 9.22. The Kier molecular flexibility index (Phi) is 2.14. The molecule has 1 aliphatic carbocycles. The monoisotopic (exact) mass is 248 g/mol. The van der Waals surface area contributed by atoms with Crippen LogP contribution in [0.5, 0.6) is 0 Å². The average molecular weight is 248 g/mol. The zero-order valence-corrected chi connectivity index (χ0v) is 11.3. The fourth-order valence-electron chi connectivity index (χ4n) is 3.14. The van der Waals surface area contributed by atoms with Crippen molar-refractivity contribution in [2.75, 3.05) is 0 Å². The largest absolute Gasteiger partial charge is 0.456 e. The minimum absolute atomic E-state index is 1.02. The van der Waals surface area contributed by atoms with E-state index in [1.807, 2.05) is 0 Å². The summed E-state index contributed by atoms with van der Waals surface area (Å²) in [6.45, 7) is 4.29. The Morgan fingerprint density at radius 2 is 1.68 bits per heavy atom. The molecule has 1 nitrogen and oxygen atoms in total. The lowest BCUT2D eigenvalue weighted by Gasteiger charge is -2.15. The van der Waals surface area contributed by atoms with E-state index >= 15 is 0 Å². The van der Waals surface area contributed by atoms with E-state index in [1.54, 1.807) is 0 Å². The molecule has 0 spiro atoms. The molecule has 4 rings (SSSR count). The lowest BCUT2D eigenvalue weighted by Crippen LogP contribution is -2.02. The van der Waals surface area contributed by atoms with E-state index < -0.39 is 0 Å². The number of fused-ring (bicyclic) bond motifs is 5. The molecular formula is C18H16O. The summed E-state index contributed by atoms with van der Waals surface area (Å²) in [6, 6.07) is 13.1. The Labute approximate surface area is 112 Å². The minimum atomic E-state index is 1.02. The van der Waals surface area contributed by atoms with E-state index in [1.165, 1.54) is 33.2 Å². The molecule has 3 aromatic rings. The van der Waals surface area contributed by atoms with Gasteiger partial charge in [-0.15, -0.1) is 0 Å². The van der Waals surface area contributed by atoms with Gasteiger partial charge in [0.15, 0.2) is 0 Å². The normalized spacial score (nSPS) is 13.4. The maximum absolute atomic E-state index is 6.11. The Hall–Kier alpha value is -2.02. The van der Waals surface area contributed by atoms with Crippen molar-refractivity contribution in [3.63, 3.8) is 0 Å². The van der Waals surface area contributed by atoms with Gasteiger partial charge >= 0.3 is 0 Å². The molecule has 0 saturated heterocycles. The van der Waals surface area contributed by atoms with E-state index in [-0.39, 0.29) is 0 Å². The van der Waals surface area contributed by atoms with Gasteiger partial charge in [-0.1, -0.05) is 35.4 Å². The molecule has 1 heteroatoms. The second-order valence-corrected chi connectivity index (χ2v) is 5.57. The Bertz CT molecular complexity index is 793. The van der Waals surface area contributed by atoms with Crippen LogP contribution in [0.15, 0.2) is 40.8 Å². The third-order valence-electron chi connectivity index (χ3n) is 4.10. The lowest BCUT2D eigenvalue weighted by molar-refractivity contribution is 0.621. The summed E-state index contributed by atoms with van der Waals surface area (Å²) >= 11 is 0. The molecule has 0 radical (unpaired) electrons. The number of aryl methyl sites for hydroxylation is 4. The topological polar surface area (TPSA) is 13.1 Å². The van der Waals surface area contributed by atoms with Gasteiger partial charge < -0.3 is 4.42 Å². The summed E-state index contributed by atoms with van der Waals surface area (Å²) in [5.41, 5.74) is 7.73. The Morgan fingerprint density at radius 3 is 2.58 bits per heavy atom. The van der Waals surface area contributed by atoms with Gasteiger partial charge in [0.25, 0.3) is 0 Å². The van der Waals surface area contributed by atoms with Crippen LogP contribution in [-0.4, -0.2) is 0 Å². The summed E-state index contributed by atoms with van der Waals surface area (Å²) in [7, 11) is 0. The van der Waals surface area contributed by atoms with Gasteiger partial charge in [0.1, 0.15) is 11.3 Å². The molecular weight excluding hydrogens is 232 g/mol. The van der Waals surface area contributed by atoms with Crippen LogP contribution < -0.4 is 0 Å². The zero-order valence-electron chi connectivity index (χ0n) is 11.3. The van der Waals surface area contributed by atoms with Crippen molar-refractivity contribution >= 4 is 11.0 Å². The smallest absolute Gasteiger partial charge is 0.138 e. The summed E-state index contributed by atoms with van der Waals surface area (Å²) in [4.78, 5) is 0.